The van der Waals surface area contributed by atoms with Crippen LogP contribution in [-0.4, -0.2) is 47.8 Å². The molecule has 1 rings (SSSR count). The van der Waals surface area contributed by atoms with Crippen LogP contribution in [0, 0.1) is 0 Å². The molecule has 1 aliphatic carbocycles. The summed E-state index contributed by atoms with van der Waals surface area (Å²) in [4.78, 5) is 13.1. The Balaban J connectivity index is 2.56. The highest BCUT2D eigenvalue weighted by molar-refractivity contribution is 5.77. The zero-order valence-corrected chi connectivity index (χ0v) is 10.7. The summed E-state index contributed by atoms with van der Waals surface area (Å²) >= 11 is 0. The normalized spacial score (nSPS) is 27.1. The Morgan fingerprint density at radius 1 is 1.31 bits per heavy atom. The van der Waals surface area contributed by atoms with E-state index < -0.39 is 11.5 Å². The molecule has 1 saturated carbocycles. The van der Waals surface area contributed by atoms with Gasteiger partial charge in [0.05, 0.1) is 6.10 Å². The van der Waals surface area contributed by atoms with Crippen LogP contribution >= 0.6 is 0 Å². The van der Waals surface area contributed by atoms with Gasteiger partial charge < -0.3 is 9.84 Å². The van der Waals surface area contributed by atoms with Crippen LogP contribution in [-0.2, 0) is 9.53 Å². The molecule has 0 atom stereocenters. The van der Waals surface area contributed by atoms with E-state index in [4.69, 9.17) is 4.74 Å². The lowest BCUT2D eigenvalue weighted by atomic mass is 9.89. The summed E-state index contributed by atoms with van der Waals surface area (Å²) in [6.45, 7) is 3.52. The third kappa shape index (κ3) is 2.74. The zero-order valence-electron chi connectivity index (χ0n) is 10.7. The second kappa shape index (κ2) is 5.15. The number of methoxy groups -OCH3 is 1. The van der Waals surface area contributed by atoms with Gasteiger partial charge in [-0.3, -0.25) is 9.69 Å². The molecule has 4 nitrogen and oxygen atoms in total. The van der Waals surface area contributed by atoms with E-state index >= 15 is 0 Å². The number of hydrogen-bond donors (Lipinski definition) is 1. The first kappa shape index (κ1) is 13.5. The standard InChI is InChI=1S/C12H23NO3/c1-12(2,11(14)15)13(3)9-5-7-10(16-4)8-6-9/h9-10H,5-8H2,1-4H3,(H,14,15). The first-order chi connectivity index (χ1) is 7.39. The Labute approximate surface area is 97.6 Å². The molecule has 0 spiro atoms. The van der Waals surface area contributed by atoms with Crippen molar-refractivity contribution in [2.24, 2.45) is 0 Å². The number of hydrogen-bond acceptors (Lipinski definition) is 3. The van der Waals surface area contributed by atoms with E-state index in [-0.39, 0.29) is 0 Å². The molecule has 0 amide bonds. The molecule has 0 aromatic carbocycles. The van der Waals surface area contributed by atoms with Crippen molar-refractivity contribution >= 4 is 5.97 Å². The molecule has 1 fully saturated rings. The second-order valence-corrected chi connectivity index (χ2v) is 5.14. The van der Waals surface area contributed by atoms with Crippen LogP contribution in [0.1, 0.15) is 39.5 Å². The van der Waals surface area contributed by atoms with Gasteiger partial charge in [-0.15, -0.1) is 0 Å². The molecule has 94 valence electrons. The average molecular weight is 229 g/mol. The maximum atomic E-state index is 11.2. The van der Waals surface area contributed by atoms with Crippen molar-refractivity contribution in [3.63, 3.8) is 0 Å². The lowest BCUT2D eigenvalue weighted by molar-refractivity contribution is -0.150. The maximum Gasteiger partial charge on any atom is 0.323 e. The van der Waals surface area contributed by atoms with Gasteiger partial charge >= 0.3 is 5.97 Å². The minimum atomic E-state index is -0.787. The van der Waals surface area contributed by atoms with E-state index in [0.29, 0.717) is 12.1 Å². The van der Waals surface area contributed by atoms with E-state index in [1.165, 1.54) is 0 Å². The van der Waals surface area contributed by atoms with E-state index in [1.807, 2.05) is 11.9 Å². The molecule has 16 heavy (non-hydrogen) atoms. The highest BCUT2D eigenvalue weighted by atomic mass is 16.5. The molecular weight excluding hydrogens is 206 g/mol. The number of ether oxygens (including phenoxy) is 1. The Kier molecular flexibility index (Phi) is 4.33. The van der Waals surface area contributed by atoms with Gasteiger partial charge in [0.1, 0.15) is 5.54 Å². The molecule has 0 aliphatic heterocycles. The van der Waals surface area contributed by atoms with Gasteiger partial charge in [0.15, 0.2) is 0 Å². The number of carboxylic acids is 1. The first-order valence-corrected chi connectivity index (χ1v) is 5.88. The molecule has 0 heterocycles. The molecule has 1 N–H and O–H groups in total. The highest BCUT2D eigenvalue weighted by Gasteiger charge is 2.37. The fraction of sp³-hybridized carbons (Fsp3) is 0.917. The van der Waals surface area contributed by atoms with Crippen molar-refractivity contribution in [2.45, 2.75) is 57.2 Å². The van der Waals surface area contributed by atoms with Crippen LogP contribution in [0.4, 0.5) is 0 Å². The molecular formula is C12H23NO3. The van der Waals surface area contributed by atoms with Gasteiger partial charge in [-0.2, -0.15) is 0 Å². The van der Waals surface area contributed by atoms with Crippen LogP contribution in [0.3, 0.4) is 0 Å². The number of rotatable bonds is 4. The number of likely N-dealkylation sites (N-methyl/N-ethyl adjacent to an activating group) is 1. The molecule has 0 aromatic rings. The van der Waals surface area contributed by atoms with Crippen LogP contribution in [0.5, 0.6) is 0 Å². The van der Waals surface area contributed by atoms with E-state index in [0.717, 1.165) is 25.7 Å². The lowest BCUT2D eigenvalue weighted by Crippen LogP contribution is -2.53. The number of nitrogens with zero attached hydrogens (tertiary/aromatic N) is 1. The monoisotopic (exact) mass is 229 g/mol. The largest absolute Gasteiger partial charge is 0.480 e. The lowest BCUT2D eigenvalue weighted by Gasteiger charge is -2.41. The van der Waals surface area contributed by atoms with Crippen LogP contribution in [0.2, 0.25) is 0 Å². The Bertz CT molecular complexity index is 245. The Hall–Kier alpha value is -0.610. The number of carboxylic acid groups (broad SMARTS) is 1. The Morgan fingerprint density at radius 3 is 2.19 bits per heavy atom. The molecule has 0 saturated heterocycles. The Morgan fingerprint density at radius 2 is 1.81 bits per heavy atom. The van der Waals surface area contributed by atoms with Crippen LogP contribution in [0.25, 0.3) is 0 Å². The topological polar surface area (TPSA) is 49.8 Å². The van der Waals surface area contributed by atoms with Crippen molar-refractivity contribution in [3.8, 4) is 0 Å². The third-order valence-corrected chi connectivity index (χ3v) is 3.93. The van der Waals surface area contributed by atoms with Crippen molar-refractivity contribution in [2.75, 3.05) is 14.2 Å². The number of carbonyl (C=O) groups is 1. The van der Waals surface area contributed by atoms with Gasteiger partial charge in [0.2, 0.25) is 0 Å². The first-order valence-electron chi connectivity index (χ1n) is 5.88. The number of aliphatic carboxylic acids is 1. The summed E-state index contributed by atoms with van der Waals surface area (Å²) in [6.07, 6.45) is 4.46. The SMILES string of the molecule is COC1CCC(N(C)C(C)(C)C(=O)O)CC1. The van der Waals surface area contributed by atoms with Gasteiger partial charge in [-0.05, 0) is 46.6 Å². The van der Waals surface area contributed by atoms with E-state index in [2.05, 4.69) is 0 Å². The quantitative estimate of drug-likeness (QED) is 0.797. The van der Waals surface area contributed by atoms with Crippen molar-refractivity contribution in [3.05, 3.63) is 0 Å². The molecule has 1 aliphatic rings. The second-order valence-electron chi connectivity index (χ2n) is 5.14. The van der Waals surface area contributed by atoms with Crippen molar-refractivity contribution < 1.29 is 14.6 Å². The summed E-state index contributed by atoms with van der Waals surface area (Å²) in [5, 5.41) is 9.17. The summed E-state index contributed by atoms with van der Waals surface area (Å²) in [5.74, 6) is -0.760. The summed E-state index contributed by atoms with van der Waals surface area (Å²) < 4.78 is 5.32. The molecule has 4 heteroatoms. The highest BCUT2D eigenvalue weighted by Crippen LogP contribution is 2.28. The summed E-state index contributed by atoms with van der Waals surface area (Å²) in [6, 6.07) is 0.359. The van der Waals surface area contributed by atoms with E-state index in [9.17, 15) is 9.90 Å². The predicted octanol–water partition coefficient (Wildman–Crippen LogP) is 1.74. The summed E-state index contributed by atoms with van der Waals surface area (Å²) in [5.41, 5.74) is -0.787. The van der Waals surface area contributed by atoms with Crippen molar-refractivity contribution in [1.82, 2.24) is 4.90 Å². The fourth-order valence-electron chi connectivity index (χ4n) is 2.28. The van der Waals surface area contributed by atoms with Gasteiger partial charge in [-0.25, -0.2) is 0 Å². The zero-order chi connectivity index (χ0) is 12.3. The van der Waals surface area contributed by atoms with Gasteiger partial charge in [0.25, 0.3) is 0 Å². The summed E-state index contributed by atoms with van der Waals surface area (Å²) in [7, 11) is 3.65. The molecule has 0 bridgehead atoms. The van der Waals surface area contributed by atoms with Crippen LogP contribution < -0.4 is 0 Å². The minimum absolute atomic E-state index is 0.359. The average Bonchev–Trinajstić information content (AvgIpc) is 2.28. The molecule has 0 unspecified atom stereocenters. The molecule has 0 radical (unpaired) electrons. The maximum absolute atomic E-state index is 11.2. The van der Waals surface area contributed by atoms with Crippen molar-refractivity contribution in [1.29, 1.82) is 0 Å². The van der Waals surface area contributed by atoms with Gasteiger partial charge in [0, 0.05) is 13.2 Å². The van der Waals surface area contributed by atoms with Gasteiger partial charge in [-0.1, -0.05) is 0 Å². The smallest absolute Gasteiger partial charge is 0.323 e. The third-order valence-electron chi connectivity index (χ3n) is 3.93. The van der Waals surface area contributed by atoms with Crippen LogP contribution in [0.15, 0.2) is 0 Å². The molecule has 0 aromatic heterocycles. The predicted molar refractivity (Wildman–Crippen MR) is 62.5 cm³/mol. The minimum Gasteiger partial charge on any atom is -0.480 e. The fourth-order valence-corrected chi connectivity index (χ4v) is 2.28. The van der Waals surface area contributed by atoms with E-state index in [1.54, 1.807) is 21.0 Å².